The second-order valence-corrected chi connectivity index (χ2v) is 11.4. The molecule has 0 radical (unpaired) electrons. The van der Waals surface area contributed by atoms with Gasteiger partial charge in [0.05, 0.1) is 16.1 Å². The maximum absolute atomic E-state index is 13.8. The van der Waals surface area contributed by atoms with Gasteiger partial charge in [-0.25, -0.2) is 31.4 Å². The van der Waals surface area contributed by atoms with Crippen LogP contribution in [0.3, 0.4) is 0 Å². The first-order valence-electron chi connectivity index (χ1n) is 11.4. The van der Waals surface area contributed by atoms with Gasteiger partial charge in [-0.05, 0) is 59.9 Å². The van der Waals surface area contributed by atoms with Crippen LogP contribution in [0, 0.1) is 11.8 Å². The van der Waals surface area contributed by atoms with E-state index in [1.807, 2.05) is 0 Å². The van der Waals surface area contributed by atoms with Gasteiger partial charge in [0.25, 0.3) is 6.43 Å². The van der Waals surface area contributed by atoms with E-state index in [0.29, 0.717) is 4.88 Å². The molecule has 5 aromatic rings. The molecule has 40 heavy (non-hydrogen) atoms. The SMILES string of the molecule is O=S(=O)(NCc1ccncc1)c1ccc(C#Cc2cc3nc(-c4ccc(C(F)(F)F)cc4)cc(C(F)F)n3n2)s1. The Bertz CT molecular complexity index is 1840. The molecule has 0 amide bonds. The highest BCUT2D eigenvalue weighted by Crippen LogP contribution is 2.32. The van der Waals surface area contributed by atoms with E-state index in [-0.39, 0.29) is 33.4 Å². The zero-order valence-electron chi connectivity index (χ0n) is 20.0. The van der Waals surface area contributed by atoms with Crippen molar-refractivity contribution in [1.82, 2.24) is 24.3 Å². The summed E-state index contributed by atoms with van der Waals surface area (Å²) in [6.07, 6.45) is -4.38. The first-order valence-corrected chi connectivity index (χ1v) is 13.7. The molecule has 1 aromatic carbocycles. The smallest absolute Gasteiger partial charge is 0.265 e. The van der Waals surface area contributed by atoms with Crippen molar-refractivity contribution in [2.45, 2.75) is 23.4 Å². The Labute approximate surface area is 228 Å². The topological polar surface area (TPSA) is 89.2 Å². The monoisotopic (exact) mass is 589 g/mol. The van der Waals surface area contributed by atoms with Crippen LogP contribution < -0.4 is 4.72 Å². The van der Waals surface area contributed by atoms with E-state index in [0.717, 1.165) is 51.7 Å². The second-order valence-electron chi connectivity index (χ2n) is 8.29. The zero-order valence-corrected chi connectivity index (χ0v) is 21.7. The molecule has 0 saturated heterocycles. The van der Waals surface area contributed by atoms with Gasteiger partial charge in [-0.3, -0.25) is 4.98 Å². The molecule has 0 saturated carbocycles. The summed E-state index contributed by atoms with van der Waals surface area (Å²) < 4.78 is 95.0. The lowest BCUT2D eigenvalue weighted by Gasteiger charge is -2.09. The molecule has 0 fully saturated rings. The molecule has 204 valence electrons. The summed E-state index contributed by atoms with van der Waals surface area (Å²) in [5.74, 6) is 5.49. The van der Waals surface area contributed by atoms with Gasteiger partial charge in [-0.15, -0.1) is 11.3 Å². The van der Waals surface area contributed by atoms with Crippen LogP contribution in [0.5, 0.6) is 0 Å². The van der Waals surface area contributed by atoms with E-state index in [4.69, 9.17) is 0 Å². The average molecular weight is 590 g/mol. The number of hydrogen-bond donors (Lipinski definition) is 1. The van der Waals surface area contributed by atoms with E-state index in [2.05, 4.69) is 31.6 Å². The van der Waals surface area contributed by atoms with Gasteiger partial charge in [0.15, 0.2) is 5.65 Å². The molecule has 14 heteroatoms. The van der Waals surface area contributed by atoms with Gasteiger partial charge >= 0.3 is 6.18 Å². The molecule has 0 atom stereocenters. The fourth-order valence-corrected chi connectivity index (χ4v) is 5.82. The van der Waals surface area contributed by atoms with Crippen LogP contribution in [-0.2, 0) is 22.7 Å². The van der Waals surface area contributed by atoms with Crippen molar-refractivity contribution in [3.8, 4) is 23.1 Å². The third-order valence-electron chi connectivity index (χ3n) is 5.56. The van der Waals surface area contributed by atoms with Crippen LogP contribution >= 0.6 is 11.3 Å². The number of rotatable bonds is 6. The van der Waals surface area contributed by atoms with Crippen molar-refractivity contribution in [2.24, 2.45) is 0 Å². The lowest BCUT2D eigenvalue weighted by molar-refractivity contribution is -0.137. The highest BCUT2D eigenvalue weighted by molar-refractivity contribution is 7.91. The fraction of sp³-hybridized carbons (Fsp3) is 0.115. The van der Waals surface area contributed by atoms with E-state index in [1.54, 1.807) is 24.5 Å². The summed E-state index contributed by atoms with van der Waals surface area (Å²) in [5.41, 5.74) is -0.279. The molecule has 7 nitrogen and oxygen atoms in total. The minimum absolute atomic E-state index is 0.0201. The molecule has 5 rings (SSSR count). The summed E-state index contributed by atoms with van der Waals surface area (Å²) in [7, 11) is -3.79. The normalized spacial score (nSPS) is 12.1. The largest absolute Gasteiger partial charge is 0.416 e. The number of pyridine rings is 1. The van der Waals surface area contributed by atoms with E-state index in [9.17, 15) is 30.4 Å². The van der Waals surface area contributed by atoms with Crippen molar-refractivity contribution in [1.29, 1.82) is 0 Å². The molecule has 1 N–H and O–H groups in total. The number of hydrogen-bond acceptors (Lipinski definition) is 6. The molecule has 0 aliphatic carbocycles. The molecular weight excluding hydrogens is 573 g/mol. The zero-order chi connectivity index (χ0) is 28.5. The number of halogens is 5. The molecule has 0 aliphatic heterocycles. The molecule has 0 aliphatic rings. The average Bonchev–Trinajstić information content (AvgIpc) is 3.58. The highest BCUT2D eigenvalue weighted by Gasteiger charge is 2.30. The minimum atomic E-state index is -4.53. The number of nitrogens with one attached hydrogen (secondary N) is 1. The number of fused-ring (bicyclic) bond motifs is 1. The van der Waals surface area contributed by atoms with Crippen molar-refractivity contribution in [3.63, 3.8) is 0 Å². The summed E-state index contributed by atoms with van der Waals surface area (Å²) in [6, 6.07) is 12.7. The lowest BCUT2D eigenvalue weighted by Crippen LogP contribution is -2.22. The molecule has 4 heterocycles. The molecular formula is C26H16F5N5O2S2. The maximum atomic E-state index is 13.8. The molecule has 4 aromatic heterocycles. The van der Waals surface area contributed by atoms with Crippen LogP contribution in [0.4, 0.5) is 22.0 Å². The lowest BCUT2D eigenvalue weighted by atomic mass is 10.1. The van der Waals surface area contributed by atoms with Gasteiger partial charge in [0.2, 0.25) is 10.0 Å². The number of aromatic nitrogens is 4. The van der Waals surface area contributed by atoms with Gasteiger partial charge in [0.1, 0.15) is 15.6 Å². The van der Waals surface area contributed by atoms with Crippen LogP contribution in [0.2, 0.25) is 0 Å². The van der Waals surface area contributed by atoms with Crippen molar-refractivity contribution < 1.29 is 30.4 Å². The van der Waals surface area contributed by atoms with Crippen molar-refractivity contribution in [3.05, 3.63) is 100 Å². The van der Waals surface area contributed by atoms with Crippen LogP contribution in [0.15, 0.2) is 77.3 Å². The molecule has 0 unspecified atom stereocenters. The quantitative estimate of drug-likeness (QED) is 0.203. The third-order valence-corrected chi connectivity index (χ3v) is 8.46. The Kier molecular flexibility index (Phi) is 7.37. The van der Waals surface area contributed by atoms with Crippen LogP contribution in [-0.4, -0.2) is 28.0 Å². The molecule has 0 bridgehead atoms. The van der Waals surface area contributed by atoms with Gasteiger partial charge in [-0.2, -0.15) is 18.3 Å². The summed E-state index contributed by atoms with van der Waals surface area (Å²) >= 11 is 0.925. The fourth-order valence-electron chi connectivity index (χ4n) is 3.60. The Balaban J connectivity index is 1.40. The first kappa shape index (κ1) is 27.4. The standard InChI is InChI=1S/C26H16F5N5O2S2/c27-25(28)22-14-21(17-1-3-18(4-2-17)26(29,30)31)34-23-13-19(35-36(22)23)5-6-20-7-8-24(39-20)40(37,38)33-15-16-9-11-32-12-10-16/h1-4,7-14,25,33H,15H2. The Morgan fingerprint density at radius 1 is 0.975 bits per heavy atom. The number of benzene rings is 1. The van der Waals surface area contributed by atoms with Crippen LogP contribution in [0.1, 0.15) is 33.8 Å². The predicted molar refractivity (Wildman–Crippen MR) is 137 cm³/mol. The van der Waals surface area contributed by atoms with E-state index in [1.165, 1.54) is 18.2 Å². The number of nitrogens with zero attached hydrogens (tertiary/aromatic N) is 4. The van der Waals surface area contributed by atoms with E-state index >= 15 is 0 Å². The van der Waals surface area contributed by atoms with Gasteiger partial charge in [0, 0.05) is 30.6 Å². The highest BCUT2D eigenvalue weighted by atomic mass is 32.2. The Morgan fingerprint density at radius 3 is 2.38 bits per heavy atom. The second kappa shape index (κ2) is 10.8. The molecule has 0 spiro atoms. The van der Waals surface area contributed by atoms with Gasteiger partial charge in [-0.1, -0.05) is 12.1 Å². The third kappa shape index (κ3) is 6.01. The van der Waals surface area contributed by atoms with Crippen molar-refractivity contribution in [2.75, 3.05) is 0 Å². The summed E-state index contributed by atoms with van der Waals surface area (Å²) in [5, 5.41) is 4.07. The van der Waals surface area contributed by atoms with Crippen molar-refractivity contribution >= 4 is 27.0 Å². The Hall–Kier alpha value is -4.19. The van der Waals surface area contributed by atoms with E-state index < -0.39 is 33.9 Å². The maximum Gasteiger partial charge on any atom is 0.416 e. The predicted octanol–water partition coefficient (Wildman–Crippen LogP) is 5.69. The summed E-state index contributed by atoms with van der Waals surface area (Å²) in [4.78, 5) is 8.54. The first-order chi connectivity index (χ1) is 19.0. The number of thiophene rings is 1. The summed E-state index contributed by atoms with van der Waals surface area (Å²) in [6.45, 7) is 0.0823. The minimum Gasteiger partial charge on any atom is -0.265 e. The van der Waals surface area contributed by atoms with Crippen LogP contribution in [0.25, 0.3) is 16.9 Å². The Morgan fingerprint density at radius 2 is 1.70 bits per heavy atom. The van der Waals surface area contributed by atoms with Gasteiger partial charge < -0.3 is 0 Å². The number of alkyl halides is 5. The number of sulfonamides is 1.